The number of anilines is 2. The van der Waals surface area contributed by atoms with Crippen LogP contribution in [-0.4, -0.2) is 0 Å². The minimum absolute atomic E-state index is 0.528. The van der Waals surface area contributed by atoms with Gasteiger partial charge in [-0.05, 0) is 48.7 Å². The van der Waals surface area contributed by atoms with E-state index in [2.05, 4.69) is 18.3 Å². The van der Waals surface area contributed by atoms with Gasteiger partial charge in [0.05, 0.1) is 16.9 Å². The van der Waals surface area contributed by atoms with Gasteiger partial charge < -0.3 is 5.32 Å². The summed E-state index contributed by atoms with van der Waals surface area (Å²) in [6.45, 7) is 2.14. The van der Waals surface area contributed by atoms with E-state index in [-0.39, 0.29) is 0 Å². The zero-order chi connectivity index (χ0) is 15.7. The first-order chi connectivity index (χ1) is 10.5. The molecule has 0 amide bonds. The van der Waals surface area contributed by atoms with Gasteiger partial charge in [-0.25, -0.2) is 0 Å². The Hall–Kier alpha value is -1.62. The van der Waals surface area contributed by atoms with Crippen molar-refractivity contribution in [1.82, 2.24) is 0 Å². The number of unbranched alkanes of at least 4 members (excludes halogenated alkanes) is 1. The molecule has 5 heteroatoms. The topological polar surface area (TPSA) is 12.0 Å². The number of aryl methyl sites for hydroxylation is 1. The lowest BCUT2D eigenvalue weighted by atomic mass is 10.1. The molecule has 0 aromatic heterocycles. The van der Waals surface area contributed by atoms with E-state index in [0.717, 1.165) is 40.8 Å². The van der Waals surface area contributed by atoms with Crippen LogP contribution < -0.4 is 5.32 Å². The first-order valence-electron chi connectivity index (χ1n) is 7.26. The van der Waals surface area contributed by atoms with Gasteiger partial charge in [0.15, 0.2) is 0 Å². The number of fused-ring (bicyclic) bond motifs is 2. The summed E-state index contributed by atoms with van der Waals surface area (Å²) < 4.78 is 38.5. The van der Waals surface area contributed by atoms with Crippen LogP contribution in [0.1, 0.15) is 30.9 Å². The van der Waals surface area contributed by atoms with Crippen molar-refractivity contribution in [2.24, 2.45) is 0 Å². The van der Waals surface area contributed by atoms with Crippen LogP contribution in [0.25, 0.3) is 0 Å². The van der Waals surface area contributed by atoms with Gasteiger partial charge in [-0.15, -0.1) is 0 Å². The molecule has 1 aliphatic heterocycles. The molecule has 2 aromatic carbocycles. The summed E-state index contributed by atoms with van der Waals surface area (Å²) in [4.78, 5) is 1.87. The van der Waals surface area contributed by atoms with Crippen LogP contribution in [0.4, 0.5) is 24.5 Å². The molecule has 1 aliphatic rings. The van der Waals surface area contributed by atoms with Crippen LogP contribution in [0, 0.1) is 0 Å². The highest BCUT2D eigenvalue weighted by Crippen LogP contribution is 2.46. The van der Waals surface area contributed by atoms with Crippen molar-refractivity contribution in [2.45, 2.75) is 42.2 Å². The summed E-state index contributed by atoms with van der Waals surface area (Å²) >= 11 is 1.50. The summed E-state index contributed by atoms with van der Waals surface area (Å²) in [6, 6.07) is 10.0. The smallest absolute Gasteiger partial charge is 0.354 e. The fourth-order valence-corrected chi connectivity index (χ4v) is 3.41. The highest BCUT2D eigenvalue weighted by molar-refractivity contribution is 7.99. The Labute approximate surface area is 131 Å². The largest absolute Gasteiger partial charge is 0.416 e. The summed E-state index contributed by atoms with van der Waals surface area (Å²) in [6.07, 6.45) is -1.09. The average Bonchev–Trinajstić information content (AvgIpc) is 2.49. The second-order valence-electron chi connectivity index (χ2n) is 5.37. The van der Waals surface area contributed by atoms with Crippen molar-refractivity contribution in [2.75, 3.05) is 5.32 Å². The fraction of sp³-hybridized carbons (Fsp3) is 0.294. The maximum Gasteiger partial charge on any atom is 0.416 e. The number of halogens is 3. The summed E-state index contributed by atoms with van der Waals surface area (Å²) in [5.74, 6) is 0. The molecule has 22 heavy (non-hydrogen) atoms. The molecule has 1 heterocycles. The Balaban J connectivity index is 1.90. The molecular weight excluding hydrogens is 307 g/mol. The van der Waals surface area contributed by atoms with E-state index in [4.69, 9.17) is 0 Å². The number of nitrogens with one attached hydrogen (secondary N) is 1. The number of rotatable bonds is 3. The minimum atomic E-state index is -4.31. The number of benzene rings is 2. The summed E-state index contributed by atoms with van der Waals surface area (Å²) in [5, 5.41) is 3.15. The lowest BCUT2D eigenvalue weighted by Crippen LogP contribution is -2.07. The van der Waals surface area contributed by atoms with Gasteiger partial charge in [0, 0.05) is 9.79 Å². The van der Waals surface area contributed by atoms with E-state index in [0.29, 0.717) is 5.69 Å². The molecule has 1 N–H and O–H groups in total. The third-order valence-corrected chi connectivity index (χ3v) is 4.81. The fourth-order valence-electron chi connectivity index (χ4n) is 2.46. The first kappa shape index (κ1) is 15.3. The molecule has 0 bridgehead atoms. The molecule has 0 atom stereocenters. The van der Waals surface area contributed by atoms with Gasteiger partial charge in [0.1, 0.15) is 0 Å². The van der Waals surface area contributed by atoms with E-state index in [1.807, 2.05) is 12.1 Å². The Kier molecular flexibility index (Phi) is 4.08. The number of hydrogen-bond acceptors (Lipinski definition) is 2. The Morgan fingerprint density at radius 1 is 1.00 bits per heavy atom. The van der Waals surface area contributed by atoms with Crippen molar-refractivity contribution in [3.63, 3.8) is 0 Å². The van der Waals surface area contributed by atoms with Gasteiger partial charge in [0.2, 0.25) is 0 Å². The predicted molar refractivity (Wildman–Crippen MR) is 83.9 cm³/mol. The highest BCUT2D eigenvalue weighted by Gasteiger charge is 2.31. The molecular formula is C17H16F3NS. The molecule has 0 saturated heterocycles. The van der Waals surface area contributed by atoms with Crippen molar-refractivity contribution in [3.8, 4) is 0 Å². The Morgan fingerprint density at radius 3 is 2.36 bits per heavy atom. The second kappa shape index (κ2) is 5.88. The quantitative estimate of drug-likeness (QED) is 0.611. The number of hydrogen-bond donors (Lipinski definition) is 1. The minimum Gasteiger partial charge on any atom is -0.354 e. The lowest BCUT2D eigenvalue weighted by Gasteiger charge is -2.22. The van der Waals surface area contributed by atoms with E-state index in [9.17, 15) is 13.2 Å². The maximum atomic E-state index is 12.8. The molecule has 3 rings (SSSR count). The molecule has 0 unspecified atom stereocenters. The highest BCUT2D eigenvalue weighted by atomic mass is 32.2. The Morgan fingerprint density at radius 2 is 1.68 bits per heavy atom. The van der Waals surface area contributed by atoms with Crippen molar-refractivity contribution in [3.05, 3.63) is 47.5 Å². The van der Waals surface area contributed by atoms with Gasteiger partial charge in [-0.2, -0.15) is 13.2 Å². The van der Waals surface area contributed by atoms with Crippen LogP contribution in [0.5, 0.6) is 0 Å². The van der Waals surface area contributed by atoms with Crippen LogP contribution in [-0.2, 0) is 12.6 Å². The Bertz CT molecular complexity index is 695. The SMILES string of the molecule is CCCCc1ccc2c(c1)Nc1cc(C(F)(F)F)ccc1S2. The molecule has 1 nitrogen and oxygen atoms in total. The molecule has 0 saturated carbocycles. The monoisotopic (exact) mass is 323 g/mol. The molecule has 2 aromatic rings. The van der Waals surface area contributed by atoms with Crippen molar-refractivity contribution >= 4 is 23.1 Å². The number of alkyl halides is 3. The zero-order valence-corrected chi connectivity index (χ0v) is 12.9. The lowest BCUT2D eigenvalue weighted by molar-refractivity contribution is -0.137. The third kappa shape index (κ3) is 3.09. The van der Waals surface area contributed by atoms with Crippen molar-refractivity contribution in [1.29, 1.82) is 0 Å². The van der Waals surface area contributed by atoms with Crippen LogP contribution in [0.2, 0.25) is 0 Å². The predicted octanol–water partition coefficient (Wildman–Crippen LogP) is 6.26. The average molecular weight is 323 g/mol. The van der Waals surface area contributed by atoms with E-state index in [1.54, 1.807) is 0 Å². The normalized spacial score (nSPS) is 13.3. The first-order valence-corrected chi connectivity index (χ1v) is 8.08. The van der Waals surface area contributed by atoms with Gasteiger partial charge in [-0.1, -0.05) is 31.2 Å². The van der Waals surface area contributed by atoms with Crippen molar-refractivity contribution < 1.29 is 13.2 Å². The molecule has 0 radical (unpaired) electrons. The zero-order valence-electron chi connectivity index (χ0n) is 12.1. The molecule has 0 fully saturated rings. The summed E-state index contributed by atoms with van der Waals surface area (Å²) in [5.41, 5.74) is 2.01. The van der Waals surface area contributed by atoms with E-state index >= 15 is 0 Å². The van der Waals surface area contributed by atoms with Gasteiger partial charge in [0.25, 0.3) is 0 Å². The van der Waals surface area contributed by atoms with E-state index < -0.39 is 11.7 Å². The van der Waals surface area contributed by atoms with E-state index in [1.165, 1.54) is 29.5 Å². The van der Waals surface area contributed by atoms with Gasteiger partial charge in [-0.3, -0.25) is 0 Å². The molecule has 0 aliphatic carbocycles. The van der Waals surface area contributed by atoms with Crippen LogP contribution in [0.15, 0.2) is 46.2 Å². The standard InChI is InChI=1S/C17H16F3NS/c1-2-3-4-11-5-7-15-13(9-11)21-14-10-12(17(18,19)20)6-8-16(14)22-15/h5-10,21H,2-4H2,1H3. The molecule has 0 spiro atoms. The van der Waals surface area contributed by atoms with Crippen LogP contribution >= 0.6 is 11.8 Å². The van der Waals surface area contributed by atoms with Gasteiger partial charge >= 0.3 is 6.18 Å². The maximum absolute atomic E-state index is 12.8. The third-order valence-electron chi connectivity index (χ3n) is 3.66. The summed E-state index contributed by atoms with van der Waals surface area (Å²) in [7, 11) is 0. The van der Waals surface area contributed by atoms with Crippen LogP contribution in [0.3, 0.4) is 0 Å². The molecule has 116 valence electrons. The second-order valence-corrected chi connectivity index (χ2v) is 6.45.